The van der Waals surface area contributed by atoms with E-state index in [1.54, 1.807) is 0 Å². The molecule has 44 heavy (non-hydrogen) atoms. The number of benzene rings is 7. The van der Waals surface area contributed by atoms with Crippen molar-refractivity contribution in [3.8, 4) is 39.1 Å². The third kappa shape index (κ3) is 3.68. The highest BCUT2D eigenvalue weighted by Gasteiger charge is 2.20. The average molecular weight is 562 g/mol. The molecular weight excluding hydrogens is 534 g/mol. The Hall–Kier alpha value is -5.86. The number of nitrogens with zero attached hydrogens (tertiary/aromatic N) is 1. The molecule has 2 nitrogen and oxygen atoms in total. The van der Waals surface area contributed by atoms with E-state index in [0.29, 0.717) is 0 Å². The summed E-state index contributed by atoms with van der Waals surface area (Å²) in [6, 6.07) is 58.4. The summed E-state index contributed by atoms with van der Waals surface area (Å²) in [6.07, 6.45) is 0. The van der Waals surface area contributed by atoms with Gasteiger partial charge in [0, 0.05) is 27.1 Å². The van der Waals surface area contributed by atoms with E-state index in [-0.39, 0.29) is 0 Å². The third-order valence-electron chi connectivity index (χ3n) is 8.84. The molecule has 0 aliphatic rings. The van der Waals surface area contributed by atoms with Gasteiger partial charge in [0.15, 0.2) is 0 Å². The Kier molecular flexibility index (Phi) is 5.54. The second-order valence-corrected chi connectivity index (χ2v) is 11.3. The molecule has 0 saturated heterocycles. The standard InChI is InChI=1S/C42H27NO/c1-2-14-28(15-3-1)29-21-12-25-38-41(29)34-19-7-10-24-37(34)43(38)36-23-9-6-18-32(36)30-16-4-5-17-31(30)33-22-13-27-40-42(33)35-20-8-11-26-39(35)44-40/h1-27H. The first-order chi connectivity index (χ1) is 21.9. The number of hydrogen-bond donors (Lipinski definition) is 0. The van der Waals surface area contributed by atoms with Crippen LogP contribution in [-0.4, -0.2) is 4.57 Å². The molecule has 0 aliphatic heterocycles. The van der Waals surface area contributed by atoms with E-state index in [0.717, 1.165) is 27.6 Å². The molecule has 0 unspecified atom stereocenters. The molecule has 0 saturated carbocycles. The lowest BCUT2D eigenvalue weighted by Gasteiger charge is -2.17. The minimum Gasteiger partial charge on any atom is -0.456 e. The SMILES string of the molecule is c1ccc(-c2cccc3c2c2ccccc2n3-c2ccccc2-c2ccccc2-c2cccc3oc4ccccc4c23)cc1. The van der Waals surface area contributed by atoms with Crippen LogP contribution in [0.2, 0.25) is 0 Å². The first-order valence-electron chi connectivity index (χ1n) is 15.0. The molecule has 206 valence electrons. The van der Waals surface area contributed by atoms with Gasteiger partial charge in [-0.25, -0.2) is 0 Å². The fourth-order valence-corrected chi connectivity index (χ4v) is 6.99. The Morgan fingerprint density at radius 2 is 0.909 bits per heavy atom. The Balaban J connectivity index is 1.34. The van der Waals surface area contributed by atoms with E-state index < -0.39 is 0 Å². The maximum Gasteiger partial charge on any atom is 0.136 e. The molecule has 9 aromatic rings. The molecule has 2 heteroatoms. The molecule has 0 amide bonds. The number of aromatic nitrogens is 1. The lowest BCUT2D eigenvalue weighted by Crippen LogP contribution is -1.98. The fourth-order valence-electron chi connectivity index (χ4n) is 6.99. The molecule has 0 aliphatic carbocycles. The van der Waals surface area contributed by atoms with Crippen molar-refractivity contribution >= 4 is 43.7 Å². The smallest absolute Gasteiger partial charge is 0.136 e. The quantitative estimate of drug-likeness (QED) is 0.209. The Morgan fingerprint density at radius 3 is 1.77 bits per heavy atom. The zero-order valence-corrected chi connectivity index (χ0v) is 23.9. The normalized spacial score (nSPS) is 11.6. The Bertz CT molecular complexity index is 2500. The molecule has 0 bridgehead atoms. The highest BCUT2D eigenvalue weighted by Crippen LogP contribution is 2.44. The van der Waals surface area contributed by atoms with Crippen LogP contribution < -0.4 is 0 Å². The summed E-state index contributed by atoms with van der Waals surface area (Å²) >= 11 is 0. The zero-order chi connectivity index (χ0) is 29.0. The van der Waals surface area contributed by atoms with Crippen molar-refractivity contribution < 1.29 is 4.42 Å². The maximum atomic E-state index is 6.28. The van der Waals surface area contributed by atoms with Gasteiger partial charge in [0.1, 0.15) is 11.2 Å². The van der Waals surface area contributed by atoms with Crippen LogP contribution in [0.3, 0.4) is 0 Å². The van der Waals surface area contributed by atoms with Gasteiger partial charge >= 0.3 is 0 Å². The highest BCUT2D eigenvalue weighted by molar-refractivity contribution is 6.17. The number of para-hydroxylation sites is 3. The van der Waals surface area contributed by atoms with Crippen molar-refractivity contribution in [3.05, 3.63) is 164 Å². The number of rotatable bonds is 4. The molecule has 0 N–H and O–H groups in total. The van der Waals surface area contributed by atoms with Crippen LogP contribution in [0, 0.1) is 0 Å². The minimum atomic E-state index is 0.905. The van der Waals surface area contributed by atoms with E-state index in [4.69, 9.17) is 4.42 Å². The van der Waals surface area contributed by atoms with Crippen molar-refractivity contribution in [1.29, 1.82) is 0 Å². The van der Waals surface area contributed by atoms with Crippen LogP contribution in [0.1, 0.15) is 0 Å². The number of hydrogen-bond acceptors (Lipinski definition) is 1. The van der Waals surface area contributed by atoms with Gasteiger partial charge in [0.05, 0.1) is 16.7 Å². The first kappa shape index (κ1) is 24.7. The van der Waals surface area contributed by atoms with Crippen LogP contribution in [0.5, 0.6) is 0 Å². The summed E-state index contributed by atoms with van der Waals surface area (Å²) in [5.41, 5.74) is 12.5. The van der Waals surface area contributed by atoms with Crippen molar-refractivity contribution in [2.45, 2.75) is 0 Å². The topological polar surface area (TPSA) is 18.1 Å². The van der Waals surface area contributed by atoms with Gasteiger partial charge in [-0.2, -0.15) is 0 Å². The highest BCUT2D eigenvalue weighted by atomic mass is 16.3. The third-order valence-corrected chi connectivity index (χ3v) is 8.84. The van der Waals surface area contributed by atoms with Crippen LogP contribution in [0.4, 0.5) is 0 Å². The van der Waals surface area contributed by atoms with Crippen molar-refractivity contribution in [3.63, 3.8) is 0 Å². The molecule has 0 fully saturated rings. The summed E-state index contributed by atoms with van der Waals surface area (Å²) in [7, 11) is 0. The predicted molar refractivity (Wildman–Crippen MR) is 184 cm³/mol. The molecular formula is C42H27NO. The second kappa shape index (κ2) is 9.86. The summed E-state index contributed by atoms with van der Waals surface area (Å²) in [5.74, 6) is 0. The molecule has 2 aromatic heterocycles. The molecule has 0 atom stereocenters. The van der Waals surface area contributed by atoms with Gasteiger partial charge in [0.25, 0.3) is 0 Å². The predicted octanol–water partition coefficient (Wildman–Crippen LogP) is 11.7. The van der Waals surface area contributed by atoms with Gasteiger partial charge in [0.2, 0.25) is 0 Å². The van der Waals surface area contributed by atoms with Crippen LogP contribution in [0.25, 0.3) is 82.8 Å². The van der Waals surface area contributed by atoms with E-state index in [1.165, 1.54) is 55.2 Å². The van der Waals surface area contributed by atoms with Crippen molar-refractivity contribution in [2.24, 2.45) is 0 Å². The van der Waals surface area contributed by atoms with Crippen molar-refractivity contribution in [1.82, 2.24) is 4.57 Å². The Labute approximate surface area is 255 Å². The van der Waals surface area contributed by atoms with Crippen LogP contribution in [-0.2, 0) is 0 Å². The van der Waals surface area contributed by atoms with E-state index in [1.807, 2.05) is 12.1 Å². The number of furan rings is 1. The largest absolute Gasteiger partial charge is 0.456 e. The van der Waals surface area contributed by atoms with Gasteiger partial charge in [-0.3, -0.25) is 0 Å². The molecule has 0 radical (unpaired) electrons. The second-order valence-electron chi connectivity index (χ2n) is 11.3. The van der Waals surface area contributed by atoms with Gasteiger partial charge in [-0.1, -0.05) is 133 Å². The van der Waals surface area contributed by atoms with Crippen molar-refractivity contribution in [2.75, 3.05) is 0 Å². The molecule has 7 aromatic carbocycles. The lowest BCUT2D eigenvalue weighted by molar-refractivity contribution is 0.669. The minimum absolute atomic E-state index is 0.905. The summed E-state index contributed by atoms with van der Waals surface area (Å²) in [6.45, 7) is 0. The van der Waals surface area contributed by atoms with E-state index in [9.17, 15) is 0 Å². The van der Waals surface area contributed by atoms with Gasteiger partial charge in [-0.05, 0) is 58.1 Å². The maximum absolute atomic E-state index is 6.28. The van der Waals surface area contributed by atoms with Crippen LogP contribution in [0.15, 0.2) is 168 Å². The monoisotopic (exact) mass is 561 g/mol. The molecule has 9 rings (SSSR count). The van der Waals surface area contributed by atoms with Gasteiger partial charge < -0.3 is 8.98 Å². The molecule has 0 spiro atoms. The van der Waals surface area contributed by atoms with Crippen LogP contribution >= 0.6 is 0 Å². The number of fused-ring (bicyclic) bond motifs is 6. The fraction of sp³-hybridized carbons (Fsp3) is 0. The van der Waals surface area contributed by atoms with Gasteiger partial charge in [-0.15, -0.1) is 0 Å². The zero-order valence-electron chi connectivity index (χ0n) is 23.9. The average Bonchev–Trinajstić information content (AvgIpc) is 3.65. The molecule has 2 heterocycles. The van der Waals surface area contributed by atoms with E-state index >= 15 is 0 Å². The summed E-state index contributed by atoms with van der Waals surface area (Å²) < 4.78 is 8.72. The first-order valence-corrected chi connectivity index (χ1v) is 15.0. The summed E-state index contributed by atoms with van der Waals surface area (Å²) in [4.78, 5) is 0. The Morgan fingerprint density at radius 1 is 0.341 bits per heavy atom. The van der Waals surface area contributed by atoms with E-state index in [2.05, 4.69) is 156 Å². The lowest BCUT2D eigenvalue weighted by atomic mass is 9.91. The summed E-state index contributed by atoms with van der Waals surface area (Å²) in [5, 5.41) is 4.81.